The van der Waals surface area contributed by atoms with E-state index in [4.69, 9.17) is 4.74 Å². The van der Waals surface area contributed by atoms with Gasteiger partial charge in [0, 0.05) is 30.3 Å². The van der Waals surface area contributed by atoms with Gasteiger partial charge >= 0.3 is 0 Å². The molecule has 3 aromatic rings. The molecule has 1 fully saturated rings. The summed E-state index contributed by atoms with van der Waals surface area (Å²) in [6, 6.07) is 17.3. The van der Waals surface area contributed by atoms with Crippen LogP contribution in [0.25, 0.3) is 11.4 Å². The van der Waals surface area contributed by atoms with Gasteiger partial charge in [0.1, 0.15) is 5.75 Å². The maximum atomic E-state index is 5.50. The van der Waals surface area contributed by atoms with Crippen LogP contribution in [0.5, 0.6) is 5.75 Å². The Morgan fingerprint density at radius 1 is 1.08 bits per heavy atom. The molecule has 1 aliphatic carbocycles. The lowest BCUT2D eigenvalue weighted by atomic mass is 10.1. The zero-order valence-corrected chi connectivity index (χ0v) is 14.2. The Labute approximate surface area is 146 Å². The summed E-state index contributed by atoms with van der Waals surface area (Å²) in [6.45, 7) is 1.83. The number of hydrogen-bond donors (Lipinski definition) is 1. The Morgan fingerprint density at radius 2 is 1.88 bits per heavy atom. The van der Waals surface area contributed by atoms with Gasteiger partial charge < -0.3 is 4.74 Å². The number of hydrogen-bond acceptors (Lipinski definition) is 5. The fraction of sp³-hybridized carbons (Fsp3) is 0.316. The van der Waals surface area contributed by atoms with Crippen LogP contribution in [0, 0.1) is 0 Å². The molecule has 25 heavy (non-hydrogen) atoms. The Kier molecular flexibility index (Phi) is 4.43. The number of nitrogens with one attached hydrogen (secondary N) is 1. The molecule has 4 rings (SSSR count). The minimum absolute atomic E-state index is 0.625. The molecule has 0 unspecified atom stereocenters. The molecule has 0 saturated heterocycles. The minimum atomic E-state index is 0.625. The second-order valence-electron chi connectivity index (χ2n) is 6.38. The van der Waals surface area contributed by atoms with E-state index in [0.29, 0.717) is 11.9 Å². The second kappa shape index (κ2) is 7.03. The zero-order valence-electron chi connectivity index (χ0n) is 14.2. The van der Waals surface area contributed by atoms with Crippen LogP contribution >= 0.6 is 0 Å². The Morgan fingerprint density at radius 3 is 2.56 bits per heavy atom. The summed E-state index contributed by atoms with van der Waals surface area (Å²) >= 11 is 0. The molecule has 1 aliphatic rings. The highest BCUT2D eigenvalue weighted by Crippen LogP contribution is 2.31. The number of ether oxygens (including phenoxy) is 1. The van der Waals surface area contributed by atoms with Gasteiger partial charge in [-0.15, -0.1) is 10.2 Å². The highest BCUT2D eigenvalue weighted by Gasteiger charge is 2.29. The van der Waals surface area contributed by atoms with Crippen LogP contribution in [-0.4, -0.2) is 38.7 Å². The van der Waals surface area contributed by atoms with Gasteiger partial charge in [0.25, 0.3) is 0 Å². The normalized spacial score (nSPS) is 14.0. The Hall–Kier alpha value is -2.73. The van der Waals surface area contributed by atoms with Crippen LogP contribution < -0.4 is 4.74 Å². The first kappa shape index (κ1) is 15.8. The monoisotopic (exact) mass is 335 g/mol. The number of benzene rings is 2. The number of H-pyrrole nitrogens is 1. The van der Waals surface area contributed by atoms with E-state index in [9.17, 15) is 0 Å². The van der Waals surface area contributed by atoms with Crippen molar-refractivity contribution < 1.29 is 4.74 Å². The molecule has 0 spiro atoms. The van der Waals surface area contributed by atoms with E-state index in [-0.39, 0.29) is 0 Å². The molecule has 6 nitrogen and oxygen atoms in total. The fourth-order valence-corrected chi connectivity index (χ4v) is 3.08. The van der Waals surface area contributed by atoms with Crippen molar-refractivity contribution in [3.63, 3.8) is 0 Å². The molecule has 0 radical (unpaired) electrons. The predicted molar refractivity (Wildman–Crippen MR) is 94.9 cm³/mol. The van der Waals surface area contributed by atoms with Gasteiger partial charge in [0.15, 0.2) is 0 Å². The van der Waals surface area contributed by atoms with Gasteiger partial charge in [-0.1, -0.05) is 42.5 Å². The summed E-state index contributed by atoms with van der Waals surface area (Å²) in [5.41, 5.74) is 3.49. The molecule has 1 aromatic heterocycles. The number of methoxy groups -OCH3 is 1. The van der Waals surface area contributed by atoms with E-state index in [1.54, 1.807) is 7.11 Å². The fourth-order valence-electron chi connectivity index (χ4n) is 3.08. The Bertz CT molecular complexity index is 812. The van der Waals surface area contributed by atoms with E-state index in [1.165, 1.54) is 24.0 Å². The minimum Gasteiger partial charge on any atom is -0.496 e. The third-order valence-corrected chi connectivity index (χ3v) is 4.57. The van der Waals surface area contributed by atoms with Gasteiger partial charge in [0.05, 0.1) is 7.11 Å². The zero-order chi connectivity index (χ0) is 17.1. The van der Waals surface area contributed by atoms with Crippen molar-refractivity contribution in [3.8, 4) is 17.1 Å². The topological polar surface area (TPSA) is 66.9 Å². The molecule has 1 N–H and O–H groups in total. The second-order valence-corrected chi connectivity index (χ2v) is 6.38. The molecule has 6 heteroatoms. The lowest BCUT2D eigenvalue weighted by Gasteiger charge is -2.23. The van der Waals surface area contributed by atoms with Crippen LogP contribution in [0.15, 0.2) is 48.5 Å². The van der Waals surface area contributed by atoms with Crippen molar-refractivity contribution in [1.29, 1.82) is 0 Å². The summed E-state index contributed by atoms with van der Waals surface area (Å²) < 4.78 is 5.50. The highest BCUT2D eigenvalue weighted by molar-refractivity contribution is 5.54. The van der Waals surface area contributed by atoms with Crippen molar-refractivity contribution in [2.75, 3.05) is 7.11 Å². The smallest absolute Gasteiger partial charge is 0.204 e. The highest BCUT2D eigenvalue weighted by atomic mass is 16.5. The SMILES string of the molecule is COc1ccccc1CN(Cc1ccc(-c2nn[nH]n2)cc1)C1CC1. The third kappa shape index (κ3) is 3.69. The van der Waals surface area contributed by atoms with E-state index in [0.717, 1.165) is 24.4 Å². The molecule has 0 bridgehead atoms. The molecule has 0 atom stereocenters. The van der Waals surface area contributed by atoms with Gasteiger partial charge in [-0.2, -0.15) is 5.21 Å². The average molecular weight is 335 g/mol. The van der Waals surface area contributed by atoms with Crippen molar-refractivity contribution in [1.82, 2.24) is 25.5 Å². The van der Waals surface area contributed by atoms with E-state index >= 15 is 0 Å². The van der Waals surface area contributed by atoms with Gasteiger partial charge in [0.2, 0.25) is 5.82 Å². The van der Waals surface area contributed by atoms with Gasteiger partial charge in [-0.25, -0.2) is 0 Å². The van der Waals surface area contributed by atoms with Crippen molar-refractivity contribution in [2.24, 2.45) is 0 Å². The van der Waals surface area contributed by atoms with Crippen molar-refractivity contribution >= 4 is 0 Å². The molecule has 128 valence electrons. The first-order valence-electron chi connectivity index (χ1n) is 8.52. The van der Waals surface area contributed by atoms with Crippen LogP contribution in [0.4, 0.5) is 0 Å². The van der Waals surface area contributed by atoms with Crippen LogP contribution in [-0.2, 0) is 13.1 Å². The molecule has 1 saturated carbocycles. The molecular formula is C19H21N5O. The summed E-state index contributed by atoms with van der Waals surface area (Å²) in [5, 5.41) is 14.1. The first-order chi connectivity index (χ1) is 12.3. The average Bonchev–Trinajstić information content (AvgIpc) is 3.36. The van der Waals surface area contributed by atoms with E-state index < -0.39 is 0 Å². The van der Waals surface area contributed by atoms with E-state index in [2.05, 4.69) is 49.8 Å². The molecule has 1 heterocycles. The third-order valence-electron chi connectivity index (χ3n) is 4.57. The van der Waals surface area contributed by atoms with Crippen LogP contribution in [0.2, 0.25) is 0 Å². The molecule has 0 aliphatic heterocycles. The van der Waals surface area contributed by atoms with Crippen LogP contribution in [0.1, 0.15) is 24.0 Å². The van der Waals surface area contributed by atoms with Gasteiger partial charge in [-0.3, -0.25) is 4.90 Å². The lowest BCUT2D eigenvalue weighted by Crippen LogP contribution is -2.25. The summed E-state index contributed by atoms with van der Waals surface area (Å²) in [7, 11) is 1.73. The quantitative estimate of drug-likeness (QED) is 0.719. The van der Waals surface area contributed by atoms with Crippen LogP contribution in [0.3, 0.4) is 0 Å². The number of para-hydroxylation sites is 1. The number of rotatable bonds is 7. The maximum absolute atomic E-state index is 5.50. The molecular weight excluding hydrogens is 314 g/mol. The summed E-state index contributed by atoms with van der Waals surface area (Å²) in [6.07, 6.45) is 2.55. The van der Waals surface area contributed by atoms with Crippen molar-refractivity contribution in [2.45, 2.75) is 32.0 Å². The summed E-state index contributed by atoms with van der Waals surface area (Å²) in [5.74, 6) is 1.58. The largest absolute Gasteiger partial charge is 0.496 e. The number of nitrogens with zero attached hydrogens (tertiary/aromatic N) is 4. The molecule has 0 amide bonds. The number of aromatic amines is 1. The first-order valence-corrected chi connectivity index (χ1v) is 8.52. The number of aromatic nitrogens is 4. The van der Waals surface area contributed by atoms with Gasteiger partial charge in [-0.05, 0) is 29.7 Å². The number of tetrazole rings is 1. The predicted octanol–water partition coefficient (Wildman–Crippen LogP) is 3.04. The standard InChI is InChI=1S/C19H21N5O/c1-25-18-5-3-2-4-16(18)13-24(17-10-11-17)12-14-6-8-15(9-7-14)19-20-22-23-21-19/h2-9,17H,10-13H2,1H3,(H,20,21,22,23). The van der Waals surface area contributed by atoms with Crippen molar-refractivity contribution in [3.05, 3.63) is 59.7 Å². The molecule has 2 aromatic carbocycles. The summed E-state index contributed by atoms with van der Waals surface area (Å²) in [4.78, 5) is 2.53. The lowest BCUT2D eigenvalue weighted by molar-refractivity contribution is 0.242. The maximum Gasteiger partial charge on any atom is 0.204 e. The Balaban J connectivity index is 1.48. The van der Waals surface area contributed by atoms with E-state index in [1.807, 2.05) is 24.3 Å².